The SMILES string of the molecule is CCCCCCCCCNOC(=O)C(O)Cc1ccccc1. The highest BCUT2D eigenvalue weighted by atomic mass is 16.7. The molecule has 0 saturated heterocycles. The van der Waals surface area contributed by atoms with Gasteiger partial charge in [0.15, 0.2) is 6.10 Å². The van der Waals surface area contributed by atoms with Crippen LogP contribution < -0.4 is 5.48 Å². The predicted molar refractivity (Wildman–Crippen MR) is 88.2 cm³/mol. The van der Waals surface area contributed by atoms with Crippen LogP contribution in [0.1, 0.15) is 57.4 Å². The number of hydroxylamine groups is 1. The molecular weight excluding hydrogens is 278 g/mol. The molecule has 0 spiro atoms. The van der Waals surface area contributed by atoms with Crippen molar-refractivity contribution in [2.75, 3.05) is 6.54 Å². The highest BCUT2D eigenvalue weighted by molar-refractivity contribution is 5.74. The van der Waals surface area contributed by atoms with Gasteiger partial charge in [0.25, 0.3) is 0 Å². The fraction of sp³-hybridized carbons (Fsp3) is 0.611. The number of nitrogens with one attached hydrogen (secondary N) is 1. The van der Waals surface area contributed by atoms with E-state index in [0.717, 1.165) is 18.4 Å². The van der Waals surface area contributed by atoms with E-state index < -0.39 is 12.1 Å². The van der Waals surface area contributed by atoms with E-state index in [1.807, 2.05) is 30.3 Å². The van der Waals surface area contributed by atoms with Crippen LogP contribution >= 0.6 is 0 Å². The van der Waals surface area contributed by atoms with Crippen LogP contribution in [0.25, 0.3) is 0 Å². The first-order valence-electron chi connectivity index (χ1n) is 8.39. The molecule has 0 aromatic heterocycles. The lowest BCUT2D eigenvalue weighted by atomic mass is 10.1. The second-order valence-electron chi connectivity index (χ2n) is 5.64. The van der Waals surface area contributed by atoms with Gasteiger partial charge in [-0.15, -0.1) is 0 Å². The van der Waals surface area contributed by atoms with Gasteiger partial charge in [0.1, 0.15) is 0 Å². The first-order valence-corrected chi connectivity index (χ1v) is 8.39. The number of carbonyl (C=O) groups excluding carboxylic acids is 1. The fourth-order valence-electron chi connectivity index (χ4n) is 2.27. The van der Waals surface area contributed by atoms with E-state index in [1.54, 1.807) is 0 Å². The largest absolute Gasteiger partial charge is 0.381 e. The summed E-state index contributed by atoms with van der Waals surface area (Å²) in [7, 11) is 0. The van der Waals surface area contributed by atoms with Crippen molar-refractivity contribution in [1.29, 1.82) is 0 Å². The summed E-state index contributed by atoms with van der Waals surface area (Å²) in [5, 5.41) is 9.78. The van der Waals surface area contributed by atoms with Gasteiger partial charge in [-0.05, 0) is 12.0 Å². The Morgan fingerprint density at radius 3 is 2.41 bits per heavy atom. The van der Waals surface area contributed by atoms with E-state index >= 15 is 0 Å². The summed E-state index contributed by atoms with van der Waals surface area (Å²) >= 11 is 0. The van der Waals surface area contributed by atoms with Crippen molar-refractivity contribution in [3.8, 4) is 0 Å². The minimum atomic E-state index is -1.12. The molecule has 0 heterocycles. The number of aliphatic hydroxyl groups excluding tert-OH is 1. The van der Waals surface area contributed by atoms with Crippen LogP contribution in [0.4, 0.5) is 0 Å². The van der Waals surface area contributed by atoms with Crippen LogP contribution in [-0.4, -0.2) is 23.7 Å². The molecule has 22 heavy (non-hydrogen) atoms. The lowest BCUT2D eigenvalue weighted by Crippen LogP contribution is -2.31. The highest BCUT2D eigenvalue weighted by Gasteiger charge is 2.17. The topological polar surface area (TPSA) is 58.6 Å². The number of unbranched alkanes of at least 4 members (excludes halogenated alkanes) is 6. The molecule has 0 aliphatic rings. The van der Waals surface area contributed by atoms with Gasteiger partial charge in [-0.1, -0.05) is 75.8 Å². The predicted octanol–water partition coefficient (Wildman–Crippen LogP) is 3.39. The molecule has 4 nitrogen and oxygen atoms in total. The zero-order valence-corrected chi connectivity index (χ0v) is 13.6. The number of aliphatic hydroxyl groups is 1. The average Bonchev–Trinajstić information content (AvgIpc) is 2.54. The Kier molecular flexibility index (Phi) is 10.3. The Morgan fingerprint density at radius 1 is 1.09 bits per heavy atom. The zero-order chi connectivity index (χ0) is 16.0. The van der Waals surface area contributed by atoms with Gasteiger partial charge in [0, 0.05) is 13.0 Å². The lowest BCUT2D eigenvalue weighted by molar-refractivity contribution is -0.161. The Labute approximate surface area is 133 Å². The maximum absolute atomic E-state index is 11.6. The van der Waals surface area contributed by atoms with E-state index in [-0.39, 0.29) is 6.42 Å². The smallest absolute Gasteiger partial charge is 0.353 e. The van der Waals surface area contributed by atoms with Crippen molar-refractivity contribution in [2.24, 2.45) is 0 Å². The maximum atomic E-state index is 11.6. The normalized spacial score (nSPS) is 12.1. The summed E-state index contributed by atoms with van der Waals surface area (Å²) in [6.45, 7) is 2.85. The zero-order valence-electron chi connectivity index (χ0n) is 13.6. The van der Waals surface area contributed by atoms with Crippen LogP contribution in [-0.2, 0) is 16.1 Å². The van der Waals surface area contributed by atoms with Gasteiger partial charge in [-0.2, -0.15) is 5.48 Å². The molecule has 2 N–H and O–H groups in total. The molecule has 124 valence electrons. The molecule has 0 aliphatic carbocycles. The fourth-order valence-corrected chi connectivity index (χ4v) is 2.27. The Hall–Kier alpha value is -1.39. The molecule has 0 fully saturated rings. The van der Waals surface area contributed by atoms with Gasteiger partial charge in [-0.3, -0.25) is 0 Å². The van der Waals surface area contributed by atoms with E-state index in [1.165, 1.54) is 32.1 Å². The van der Waals surface area contributed by atoms with E-state index in [2.05, 4.69) is 12.4 Å². The molecule has 4 heteroatoms. The van der Waals surface area contributed by atoms with Gasteiger partial charge in [0.2, 0.25) is 0 Å². The molecular formula is C18H29NO3. The van der Waals surface area contributed by atoms with Gasteiger partial charge < -0.3 is 9.94 Å². The summed E-state index contributed by atoms with van der Waals surface area (Å²) in [6.07, 6.45) is 7.68. The summed E-state index contributed by atoms with van der Waals surface area (Å²) in [4.78, 5) is 16.5. The molecule has 1 aromatic rings. The second-order valence-corrected chi connectivity index (χ2v) is 5.64. The minimum Gasteiger partial charge on any atom is -0.381 e. The van der Waals surface area contributed by atoms with Crippen molar-refractivity contribution in [3.05, 3.63) is 35.9 Å². The molecule has 0 bridgehead atoms. The Morgan fingerprint density at radius 2 is 1.73 bits per heavy atom. The molecule has 1 aromatic carbocycles. The summed E-state index contributed by atoms with van der Waals surface area (Å²) < 4.78 is 0. The number of benzene rings is 1. The third kappa shape index (κ3) is 8.80. The molecule has 1 unspecified atom stereocenters. The number of hydrogen-bond donors (Lipinski definition) is 2. The van der Waals surface area contributed by atoms with Crippen molar-refractivity contribution in [3.63, 3.8) is 0 Å². The lowest BCUT2D eigenvalue weighted by Gasteiger charge is -2.11. The van der Waals surface area contributed by atoms with Crippen molar-refractivity contribution in [2.45, 2.75) is 64.4 Å². The minimum absolute atomic E-state index is 0.277. The summed E-state index contributed by atoms with van der Waals surface area (Å²) in [5.41, 5.74) is 3.56. The molecule has 1 rings (SSSR count). The standard InChI is InChI=1S/C18H29NO3/c1-2-3-4-5-6-7-11-14-19-22-18(21)17(20)15-16-12-9-8-10-13-16/h8-10,12-13,17,19-20H,2-7,11,14-15H2,1H3. The first-order chi connectivity index (χ1) is 10.7. The van der Waals surface area contributed by atoms with Crippen molar-refractivity contribution < 1.29 is 14.7 Å². The second kappa shape index (κ2) is 12.2. The van der Waals surface area contributed by atoms with Crippen LogP contribution in [0, 0.1) is 0 Å². The number of rotatable bonds is 12. The molecule has 0 radical (unpaired) electrons. The van der Waals surface area contributed by atoms with Crippen LogP contribution in [0.3, 0.4) is 0 Å². The van der Waals surface area contributed by atoms with Crippen molar-refractivity contribution >= 4 is 5.97 Å². The van der Waals surface area contributed by atoms with Gasteiger partial charge >= 0.3 is 5.97 Å². The van der Waals surface area contributed by atoms with Gasteiger partial charge in [-0.25, -0.2) is 4.79 Å². The van der Waals surface area contributed by atoms with E-state index in [0.29, 0.717) is 6.54 Å². The monoisotopic (exact) mass is 307 g/mol. The molecule has 0 saturated carbocycles. The van der Waals surface area contributed by atoms with Crippen LogP contribution in [0.15, 0.2) is 30.3 Å². The summed E-state index contributed by atoms with van der Waals surface area (Å²) in [6, 6.07) is 9.42. The average molecular weight is 307 g/mol. The van der Waals surface area contributed by atoms with Crippen LogP contribution in [0.2, 0.25) is 0 Å². The third-order valence-corrected chi connectivity index (χ3v) is 3.60. The Balaban J connectivity index is 2.01. The molecule has 0 aliphatic heterocycles. The number of hydrogen-bond acceptors (Lipinski definition) is 4. The summed E-state index contributed by atoms with van der Waals surface area (Å²) in [5.74, 6) is -0.619. The van der Waals surface area contributed by atoms with Gasteiger partial charge in [0.05, 0.1) is 0 Å². The molecule has 0 amide bonds. The third-order valence-electron chi connectivity index (χ3n) is 3.60. The van der Waals surface area contributed by atoms with Crippen molar-refractivity contribution in [1.82, 2.24) is 5.48 Å². The first kappa shape index (κ1) is 18.7. The van der Waals surface area contributed by atoms with E-state index in [4.69, 9.17) is 4.84 Å². The molecule has 1 atom stereocenters. The maximum Gasteiger partial charge on any atom is 0.353 e. The van der Waals surface area contributed by atoms with Crippen LogP contribution in [0.5, 0.6) is 0 Å². The number of carbonyl (C=O) groups is 1. The highest BCUT2D eigenvalue weighted by Crippen LogP contribution is 2.06. The Bertz CT molecular complexity index is 395. The van der Waals surface area contributed by atoms with E-state index in [9.17, 15) is 9.90 Å². The quantitative estimate of drug-likeness (QED) is 0.459.